The minimum absolute atomic E-state index is 0.239. The SMILES string of the molecule is O=C(CCSc1ccc(O)cc1)N1CCNCC1. The highest BCUT2D eigenvalue weighted by atomic mass is 32.2. The minimum Gasteiger partial charge on any atom is -0.508 e. The van der Waals surface area contributed by atoms with Crippen LogP contribution in [0, 0.1) is 0 Å². The first-order chi connectivity index (χ1) is 8.75. The Labute approximate surface area is 111 Å². The van der Waals surface area contributed by atoms with Crippen LogP contribution in [0.15, 0.2) is 29.2 Å². The molecule has 18 heavy (non-hydrogen) atoms. The predicted octanol–water partition coefficient (Wildman–Crippen LogP) is 1.31. The zero-order chi connectivity index (χ0) is 12.8. The van der Waals surface area contributed by atoms with Crippen molar-refractivity contribution < 1.29 is 9.90 Å². The van der Waals surface area contributed by atoms with Gasteiger partial charge in [0, 0.05) is 43.2 Å². The Morgan fingerprint density at radius 3 is 2.61 bits per heavy atom. The lowest BCUT2D eigenvalue weighted by atomic mass is 10.3. The number of hydrogen-bond donors (Lipinski definition) is 2. The molecule has 4 nitrogen and oxygen atoms in total. The summed E-state index contributed by atoms with van der Waals surface area (Å²) >= 11 is 1.65. The fraction of sp³-hybridized carbons (Fsp3) is 0.462. The maximum absolute atomic E-state index is 11.9. The lowest BCUT2D eigenvalue weighted by Crippen LogP contribution is -2.46. The molecule has 1 aliphatic rings. The van der Waals surface area contributed by atoms with Crippen LogP contribution in [-0.2, 0) is 4.79 Å². The van der Waals surface area contributed by atoms with E-state index in [4.69, 9.17) is 5.11 Å². The number of benzene rings is 1. The first kappa shape index (κ1) is 13.2. The Balaban J connectivity index is 1.71. The second kappa shape index (κ2) is 6.66. The van der Waals surface area contributed by atoms with E-state index in [1.807, 2.05) is 17.0 Å². The molecule has 5 heteroatoms. The highest BCUT2D eigenvalue weighted by Crippen LogP contribution is 2.21. The molecule has 0 saturated carbocycles. The van der Waals surface area contributed by atoms with Crippen molar-refractivity contribution >= 4 is 17.7 Å². The maximum atomic E-state index is 11.9. The van der Waals surface area contributed by atoms with Gasteiger partial charge in [0.1, 0.15) is 5.75 Å². The number of phenols is 1. The Morgan fingerprint density at radius 2 is 1.94 bits per heavy atom. The first-order valence-electron chi connectivity index (χ1n) is 6.16. The molecule has 2 N–H and O–H groups in total. The van der Waals surface area contributed by atoms with Gasteiger partial charge >= 0.3 is 0 Å². The molecule has 0 bridgehead atoms. The van der Waals surface area contributed by atoms with Crippen LogP contribution in [0.2, 0.25) is 0 Å². The number of rotatable bonds is 4. The van der Waals surface area contributed by atoms with Gasteiger partial charge in [0.15, 0.2) is 0 Å². The normalized spacial score (nSPS) is 15.7. The average molecular weight is 266 g/mol. The van der Waals surface area contributed by atoms with Crippen LogP contribution in [0.1, 0.15) is 6.42 Å². The van der Waals surface area contributed by atoms with Crippen LogP contribution in [0.25, 0.3) is 0 Å². The third kappa shape index (κ3) is 3.92. The van der Waals surface area contributed by atoms with Gasteiger partial charge in [-0.3, -0.25) is 4.79 Å². The predicted molar refractivity (Wildman–Crippen MR) is 72.9 cm³/mol. The summed E-state index contributed by atoms with van der Waals surface area (Å²) in [5.74, 6) is 1.30. The van der Waals surface area contributed by atoms with Crippen LogP contribution in [0.4, 0.5) is 0 Å². The third-order valence-electron chi connectivity index (χ3n) is 2.89. The van der Waals surface area contributed by atoms with Crippen molar-refractivity contribution in [1.29, 1.82) is 0 Å². The smallest absolute Gasteiger partial charge is 0.223 e. The van der Waals surface area contributed by atoms with Crippen LogP contribution < -0.4 is 5.32 Å². The first-order valence-corrected chi connectivity index (χ1v) is 7.14. The third-order valence-corrected chi connectivity index (χ3v) is 3.90. The second-order valence-corrected chi connectivity index (χ2v) is 5.39. The van der Waals surface area contributed by atoms with E-state index in [9.17, 15) is 4.79 Å². The van der Waals surface area contributed by atoms with E-state index in [0.29, 0.717) is 6.42 Å². The zero-order valence-corrected chi connectivity index (χ0v) is 11.1. The molecule has 0 unspecified atom stereocenters. The van der Waals surface area contributed by atoms with E-state index in [1.165, 1.54) is 0 Å². The summed E-state index contributed by atoms with van der Waals surface area (Å²) in [7, 11) is 0. The van der Waals surface area contributed by atoms with Gasteiger partial charge in [-0.15, -0.1) is 11.8 Å². The maximum Gasteiger partial charge on any atom is 0.223 e. The van der Waals surface area contributed by atoms with Gasteiger partial charge in [0.25, 0.3) is 0 Å². The number of piperazine rings is 1. The van der Waals surface area contributed by atoms with Gasteiger partial charge in [-0.2, -0.15) is 0 Å². The number of thioether (sulfide) groups is 1. The van der Waals surface area contributed by atoms with E-state index in [0.717, 1.165) is 36.8 Å². The largest absolute Gasteiger partial charge is 0.508 e. The van der Waals surface area contributed by atoms with Crippen molar-refractivity contribution in [2.75, 3.05) is 31.9 Å². The van der Waals surface area contributed by atoms with Gasteiger partial charge < -0.3 is 15.3 Å². The van der Waals surface area contributed by atoms with Crippen LogP contribution in [-0.4, -0.2) is 47.8 Å². The summed E-state index contributed by atoms with van der Waals surface area (Å²) in [6.45, 7) is 3.44. The topological polar surface area (TPSA) is 52.6 Å². The van der Waals surface area contributed by atoms with Crippen LogP contribution >= 0.6 is 11.8 Å². The van der Waals surface area contributed by atoms with Crippen molar-refractivity contribution in [1.82, 2.24) is 10.2 Å². The van der Waals surface area contributed by atoms with Gasteiger partial charge in [-0.25, -0.2) is 0 Å². The number of nitrogens with zero attached hydrogens (tertiary/aromatic N) is 1. The molecular formula is C13H18N2O2S. The van der Waals surface area contributed by atoms with Crippen molar-refractivity contribution in [3.63, 3.8) is 0 Å². The van der Waals surface area contributed by atoms with E-state index >= 15 is 0 Å². The molecule has 0 aliphatic carbocycles. The molecule has 1 saturated heterocycles. The number of carbonyl (C=O) groups excluding carboxylic acids is 1. The molecule has 0 atom stereocenters. The quantitative estimate of drug-likeness (QED) is 0.807. The molecule has 1 fully saturated rings. The van der Waals surface area contributed by atoms with Gasteiger partial charge in [-0.05, 0) is 24.3 Å². The summed E-state index contributed by atoms with van der Waals surface area (Å²) in [5.41, 5.74) is 0. The fourth-order valence-electron chi connectivity index (χ4n) is 1.87. The van der Waals surface area contributed by atoms with Crippen molar-refractivity contribution in [3.05, 3.63) is 24.3 Å². The molecule has 1 aromatic rings. The van der Waals surface area contributed by atoms with Crippen molar-refractivity contribution in [3.8, 4) is 5.75 Å². The molecule has 1 heterocycles. The molecule has 1 aromatic carbocycles. The Morgan fingerprint density at radius 1 is 1.28 bits per heavy atom. The lowest BCUT2D eigenvalue weighted by molar-refractivity contribution is -0.131. The molecule has 1 amide bonds. The lowest BCUT2D eigenvalue weighted by Gasteiger charge is -2.27. The molecule has 2 rings (SSSR count). The fourth-order valence-corrected chi connectivity index (χ4v) is 2.71. The number of carbonyl (C=O) groups is 1. The van der Waals surface area contributed by atoms with Gasteiger partial charge in [0.05, 0.1) is 0 Å². The Kier molecular flexibility index (Phi) is 4.90. The summed E-state index contributed by atoms with van der Waals surface area (Å²) < 4.78 is 0. The Bertz CT molecular complexity index is 388. The molecular weight excluding hydrogens is 248 g/mol. The van der Waals surface area contributed by atoms with Gasteiger partial charge in [-0.1, -0.05) is 0 Å². The van der Waals surface area contributed by atoms with Crippen molar-refractivity contribution in [2.24, 2.45) is 0 Å². The van der Waals surface area contributed by atoms with E-state index < -0.39 is 0 Å². The number of phenolic OH excluding ortho intramolecular Hbond substituents is 1. The second-order valence-electron chi connectivity index (χ2n) is 4.22. The average Bonchev–Trinajstić information content (AvgIpc) is 2.42. The van der Waals surface area contributed by atoms with E-state index in [-0.39, 0.29) is 11.7 Å². The van der Waals surface area contributed by atoms with E-state index in [2.05, 4.69) is 5.32 Å². The summed E-state index contributed by atoms with van der Waals surface area (Å²) in [6, 6.07) is 7.07. The summed E-state index contributed by atoms with van der Waals surface area (Å²) in [5, 5.41) is 12.4. The monoisotopic (exact) mass is 266 g/mol. The number of nitrogens with one attached hydrogen (secondary N) is 1. The van der Waals surface area contributed by atoms with Gasteiger partial charge in [0.2, 0.25) is 5.91 Å². The summed E-state index contributed by atoms with van der Waals surface area (Å²) in [4.78, 5) is 14.9. The molecule has 0 radical (unpaired) electrons. The zero-order valence-electron chi connectivity index (χ0n) is 10.3. The van der Waals surface area contributed by atoms with Crippen molar-refractivity contribution in [2.45, 2.75) is 11.3 Å². The molecule has 0 aromatic heterocycles. The minimum atomic E-state index is 0.239. The Hall–Kier alpha value is -1.20. The standard InChI is InChI=1S/C13H18N2O2S/c16-11-1-3-12(4-2-11)18-10-5-13(17)15-8-6-14-7-9-15/h1-4,14,16H,5-10H2. The number of amides is 1. The van der Waals surface area contributed by atoms with Crippen LogP contribution in [0.5, 0.6) is 5.75 Å². The van der Waals surface area contributed by atoms with Crippen LogP contribution in [0.3, 0.4) is 0 Å². The highest BCUT2D eigenvalue weighted by molar-refractivity contribution is 7.99. The molecule has 1 aliphatic heterocycles. The number of aromatic hydroxyl groups is 1. The highest BCUT2D eigenvalue weighted by Gasteiger charge is 2.15. The van der Waals surface area contributed by atoms with E-state index in [1.54, 1.807) is 23.9 Å². The molecule has 0 spiro atoms. The number of hydrogen-bond acceptors (Lipinski definition) is 4. The molecule has 98 valence electrons. The summed E-state index contributed by atoms with van der Waals surface area (Å²) in [6.07, 6.45) is 0.575.